The molecule has 24 aromatic carbocycles. The fraction of sp³-hybridized carbons (Fsp3) is 0.0400. The summed E-state index contributed by atoms with van der Waals surface area (Å²) in [4.78, 5) is 0. The zero-order valence-corrected chi connectivity index (χ0v) is 85.9. The number of rotatable bonds is 18. The Balaban J connectivity index is 0.000000113. The maximum atomic E-state index is 2.29. The molecule has 0 spiro atoms. The highest BCUT2D eigenvalue weighted by Crippen LogP contribution is 2.41. The zero-order chi connectivity index (χ0) is 102. The van der Waals surface area contributed by atoms with E-state index < -0.39 is 0 Å². The SMILES string of the molecule is Cc1c(-c2ccccc2)cccc1-c1ccc(-c2ccccc2)cc1.Cc1cc(-c2cccc(-c3ccccc3)c2)ccc1-c1ccccc1.Cc1cc(-c2ccccc2)ccc1-c1cccc(-c2ccccc2)c1.Cc1ccc(-c2ccccc2)cc1-c1ccc(-c2ccccc2)cc1.Cc1ccccc1-c1ccc(-c2cccc(-c3ccccc3)c2)cc1.Cc1ccccc1-c1ccccc1-c1ccc(-c2ccccc2)cc1. The molecule has 0 aliphatic rings. The van der Waals surface area contributed by atoms with Crippen molar-refractivity contribution in [2.45, 2.75) is 41.5 Å². The van der Waals surface area contributed by atoms with E-state index in [0.29, 0.717) is 0 Å². The van der Waals surface area contributed by atoms with E-state index in [0.717, 1.165) is 0 Å². The third kappa shape index (κ3) is 25.4. The minimum atomic E-state index is 1.25. The van der Waals surface area contributed by atoms with Crippen molar-refractivity contribution in [3.63, 3.8) is 0 Å². The Bertz CT molecular complexity index is 8380. The number of aryl methyl sites for hydroxylation is 5. The Morgan fingerprint density at radius 1 is 0.0733 bits per heavy atom. The van der Waals surface area contributed by atoms with Crippen molar-refractivity contribution in [3.8, 4) is 200 Å². The summed E-state index contributed by atoms with van der Waals surface area (Å²) in [6.07, 6.45) is 0. The van der Waals surface area contributed by atoms with Gasteiger partial charge in [0.1, 0.15) is 0 Å². The van der Waals surface area contributed by atoms with Gasteiger partial charge in [0.25, 0.3) is 0 Å². The first-order chi connectivity index (χ1) is 73.9. The van der Waals surface area contributed by atoms with Crippen molar-refractivity contribution in [2.75, 3.05) is 0 Å². The average molecular weight is 1920 g/mol. The van der Waals surface area contributed by atoms with Crippen LogP contribution in [0.15, 0.2) is 619 Å². The summed E-state index contributed by atoms with van der Waals surface area (Å²) in [6, 6.07) is 220. The van der Waals surface area contributed by atoms with E-state index in [2.05, 4.69) is 660 Å². The van der Waals surface area contributed by atoms with Gasteiger partial charge in [-0.2, -0.15) is 0 Å². The normalized spacial score (nSPS) is 10.6. The van der Waals surface area contributed by atoms with Gasteiger partial charge >= 0.3 is 0 Å². The van der Waals surface area contributed by atoms with Gasteiger partial charge in [0.15, 0.2) is 0 Å². The van der Waals surface area contributed by atoms with Crippen molar-refractivity contribution in [1.29, 1.82) is 0 Å². The van der Waals surface area contributed by atoms with Gasteiger partial charge in [0, 0.05) is 0 Å². The van der Waals surface area contributed by atoms with E-state index in [1.54, 1.807) is 0 Å². The molecule has 0 radical (unpaired) electrons. The second-order valence-electron chi connectivity index (χ2n) is 38.0. The maximum absolute atomic E-state index is 2.29. The van der Waals surface area contributed by atoms with Gasteiger partial charge in [-0.1, -0.05) is 595 Å². The molecule has 0 saturated carbocycles. The lowest BCUT2D eigenvalue weighted by molar-refractivity contribution is 1.44. The Kier molecular flexibility index (Phi) is 33.1. The largest absolute Gasteiger partial charge is 0.0622 e. The molecule has 0 bridgehead atoms. The molecule has 0 nitrogen and oxygen atoms in total. The predicted molar refractivity (Wildman–Crippen MR) is 645 cm³/mol. The Hall–Kier alpha value is -18.7. The van der Waals surface area contributed by atoms with Crippen molar-refractivity contribution >= 4 is 0 Å². The second kappa shape index (κ2) is 49.7. The first-order valence-electron chi connectivity index (χ1n) is 51.8. The van der Waals surface area contributed by atoms with Crippen LogP contribution in [0.3, 0.4) is 0 Å². The van der Waals surface area contributed by atoms with Crippen LogP contribution in [-0.2, 0) is 0 Å². The van der Waals surface area contributed by atoms with Crippen LogP contribution >= 0.6 is 0 Å². The Labute approximate surface area is 887 Å². The minimum absolute atomic E-state index is 1.25. The van der Waals surface area contributed by atoms with Crippen molar-refractivity contribution in [1.82, 2.24) is 0 Å². The summed E-state index contributed by atoms with van der Waals surface area (Å²) in [5.41, 5.74) is 53.3. The van der Waals surface area contributed by atoms with E-state index in [4.69, 9.17) is 0 Å². The summed E-state index contributed by atoms with van der Waals surface area (Å²) in [7, 11) is 0. The lowest BCUT2D eigenvalue weighted by Gasteiger charge is -2.13. The van der Waals surface area contributed by atoms with Gasteiger partial charge in [-0.15, -0.1) is 0 Å². The highest BCUT2D eigenvalue weighted by atomic mass is 14.2. The fourth-order valence-corrected chi connectivity index (χ4v) is 19.7. The molecule has 0 unspecified atom stereocenters. The molecule has 0 saturated heterocycles. The monoisotopic (exact) mass is 1920 g/mol. The summed E-state index contributed by atoms with van der Waals surface area (Å²) >= 11 is 0. The smallest absolute Gasteiger partial charge is 0.0103 e. The molecule has 0 atom stereocenters. The standard InChI is InChI=1S/6C25H20/c1-19-24(22-11-6-3-7-12-22)13-8-14-25(19)23-17-15-21(16-18-23)20-9-4-2-5-10-20;1-19-17-23(21-11-6-3-7-12-21)15-16-25(19)24-14-8-13-22(18-24)20-9-4-2-5-10-20;1-19-17-24(15-16-25(19)21-11-6-3-7-12-21)23-14-8-13-22(18-23)20-9-4-2-5-10-20;1-19-12-13-24(21-10-6-3-7-11-21)18-25(19)23-16-14-22(15-17-23)20-8-4-2-5-9-20;1-19-9-5-6-12-23(19)25-14-8-7-13-24(25)22-17-15-21(16-18-22)20-10-3-2-4-11-20;1-19-8-5-6-13-25(19)22-16-14-21(15-17-22)24-12-7-11-23(18-24)20-9-3-2-4-10-20/h6*2-18H,1H3. The van der Waals surface area contributed by atoms with Crippen molar-refractivity contribution in [2.24, 2.45) is 0 Å². The zero-order valence-electron chi connectivity index (χ0n) is 85.9. The van der Waals surface area contributed by atoms with Crippen LogP contribution in [0.25, 0.3) is 200 Å². The third-order valence-electron chi connectivity index (χ3n) is 27.9. The van der Waals surface area contributed by atoms with Crippen LogP contribution < -0.4 is 0 Å². The van der Waals surface area contributed by atoms with E-state index in [-0.39, 0.29) is 0 Å². The van der Waals surface area contributed by atoms with Crippen LogP contribution in [0.4, 0.5) is 0 Å². The second-order valence-corrected chi connectivity index (χ2v) is 38.0. The highest BCUT2D eigenvalue weighted by molar-refractivity contribution is 5.88. The summed E-state index contributed by atoms with van der Waals surface area (Å²) in [5.74, 6) is 0. The van der Waals surface area contributed by atoms with Gasteiger partial charge < -0.3 is 0 Å². The van der Waals surface area contributed by atoms with E-state index in [9.17, 15) is 0 Å². The Morgan fingerprint density at radius 2 is 0.240 bits per heavy atom. The van der Waals surface area contributed by atoms with Crippen molar-refractivity contribution in [3.05, 3.63) is 652 Å². The van der Waals surface area contributed by atoms with Crippen LogP contribution in [-0.4, -0.2) is 0 Å². The summed E-state index contributed by atoms with van der Waals surface area (Å²) < 4.78 is 0. The average Bonchev–Trinajstić information content (AvgIpc) is 0.811. The molecular formula is C150H120. The van der Waals surface area contributed by atoms with E-state index in [1.807, 2.05) is 0 Å². The first kappa shape index (κ1) is 100.0. The molecular weight excluding hydrogens is 1800 g/mol. The molecule has 150 heavy (non-hydrogen) atoms. The van der Waals surface area contributed by atoms with Gasteiger partial charge in [0.2, 0.25) is 0 Å². The van der Waals surface area contributed by atoms with Crippen LogP contribution in [0.5, 0.6) is 0 Å². The lowest BCUT2D eigenvalue weighted by Crippen LogP contribution is -1.88. The van der Waals surface area contributed by atoms with Crippen LogP contribution in [0.1, 0.15) is 33.4 Å². The third-order valence-corrected chi connectivity index (χ3v) is 27.9. The van der Waals surface area contributed by atoms with E-state index in [1.165, 1.54) is 234 Å². The molecule has 0 aromatic heterocycles. The van der Waals surface area contributed by atoms with Crippen molar-refractivity contribution < 1.29 is 0 Å². The highest BCUT2D eigenvalue weighted by Gasteiger charge is 2.16. The molecule has 0 heteroatoms. The summed E-state index contributed by atoms with van der Waals surface area (Å²) in [5, 5.41) is 0. The first-order valence-corrected chi connectivity index (χ1v) is 51.8. The minimum Gasteiger partial charge on any atom is -0.0622 e. The molecule has 24 rings (SSSR count). The Morgan fingerprint density at radius 3 is 0.587 bits per heavy atom. The predicted octanol–water partition coefficient (Wildman–Crippen LogP) is 42.0. The molecule has 0 aliphatic heterocycles. The van der Waals surface area contributed by atoms with Crippen LogP contribution in [0, 0.1) is 41.5 Å². The molecule has 0 fully saturated rings. The topological polar surface area (TPSA) is 0 Å². The number of hydrogen-bond acceptors (Lipinski definition) is 0. The molecule has 720 valence electrons. The van der Waals surface area contributed by atoms with E-state index >= 15 is 0 Å². The molecule has 0 heterocycles. The quantitative estimate of drug-likeness (QED) is 0.0803. The van der Waals surface area contributed by atoms with Gasteiger partial charge in [0.05, 0.1) is 0 Å². The number of hydrogen-bond donors (Lipinski definition) is 0. The van der Waals surface area contributed by atoms with Gasteiger partial charge in [-0.3, -0.25) is 0 Å². The molecule has 24 aromatic rings. The van der Waals surface area contributed by atoms with Gasteiger partial charge in [-0.25, -0.2) is 0 Å². The summed E-state index contributed by atoms with van der Waals surface area (Å²) in [6.45, 7) is 13.1. The fourth-order valence-electron chi connectivity index (χ4n) is 19.7. The van der Waals surface area contributed by atoms with Crippen LogP contribution in [0.2, 0.25) is 0 Å². The lowest BCUT2D eigenvalue weighted by atomic mass is 9.91. The molecule has 0 amide bonds. The van der Waals surface area contributed by atoms with Gasteiger partial charge in [-0.05, 0) is 299 Å². The number of benzene rings is 24. The molecule has 0 N–H and O–H groups in total. The maximum Gasteiger partial charge on any atom is -0.0103 e. The molecule has 0 aliphatic carbocycles.